The second-order valence-electron chi connectivity index (χ2n) is 1.44. The van der Waals surface area contributed by atoms with Gasteiger partial charge in [0.25, 0.3) is 0 Å². The van der Waals surface area contributed by atoms with E-state index >= 15 is 0 Å². The van der Waals surface area contributed by atoms with E-state index in [1.807, 2.05) is 0 Å². The fourth-order valence-electron chi connectivity index (χ4n) is 0.460. The van der Waals surface area contributed by atoms with Crippen LogP contribution in [0.15, 0.2) is 24.3 Å². The second kappa shape index (κ2) is 7.26. The molecule has 0 aliphatic rings. The van der Waals surface area contributed by atoms with Crippen LogP contribution in [0.25, 0.3) is 0 Å². The molecule has 0 aromatic heterocycles. The Balaban J connectivity index is 0. The molecule has 0 aliphatic carbocycles. The summed E-state index contributed by atoms with van der Waals surface area (Å²) in [6, 6.07) is 5.82. The third kappa shape index (κ3) is 5.59. The van der Waals surface area contributed by atoms with Crippen LogP contribution in [0.3, 0.4) is 0 Å². The molecule has 11 heavy (non-hydrogen) atoms. The molecule has 0 aliphatic heterocycles. The number of hydrogen-bond donors (Lipinski definition) is 0. The van der Waals surface area contributed by atoms with Gasteiger partial charge in [-0.25, -0.2) is 4.39 Å². The molecule has 0 amide bonds. The quantitative estimate of drug-likeness (QED) is 0.597. The highest BCUT2D eigenvalue weighted by molar-refractivity contribution is 6.30. The number of rotatable bonds is 0. The molecule has 0 radical (unpaired) electrons. The zero-order valence-electron chi connectivity index (χ0n) is 5.37. The van der Waals surface area contributed by atoms with Gasteiger partial charge in [-0.05, 0) is 18.2 Å². The molecule has 0 fully saturated rings. The zero-order chi connectivity index (χ0) is 7.98. The van der Waals surface area contributed by atoms with Crippen LogP contribution in [0.1, 0.15) is 0 Å². The molecule has 0 heterocycles. The summed E-state index contributed by atoms with van der Waals surface area (Å²) in [6.45, 7) is 0. The lowest BCUT2D eigenvalue weighted by atomic mass is 10.4. The number of hydrogen-bond acceptors (Lipinski definition) is 2. The lowest BCUT2D eigenvalue weighted by molar-refractivity contribution is 0.628. The molecule has 5 heteroatoms. The van der Waals surface area contributed by atoms with E-state index in [-0.39, 0.29) is 18.2 Å². The van der Waals surface area contributed by atoms with Crippen LogP contribution in [0, 0.1) is 16.6 Å². The molecule has 0 N–H and O–H groups in total. The van der Waals surface area contributed by atoms with Crippen LogP contribution in [0.5, 0.6) is 0 Å². The first-order chi connectivity index (χ1) is 4.79. The van der Waals surface area contributed by atoms with Crippen molar-refractivity contribution in [1.82, 2.24) is 0 Å². The maximum atomic E-state index is 12.1. The molecule has 1 aromatic carbocycles. The maximum Gasteiger partial charge on any atom is 0.124 e. The van der Waals surface area contributed by atoms with Gasteiger partial charge in [-0.15, -0.1) is 12.4 Å². The molecule has 0 saturated carbocycles. The smallest absolute Gasteiger partial charge is 0.124 e. The van der Waals surface area contributed by atoms with Crippen LogP contribution in [-0.2, 0) is 0 Å². The van der Waals surface area contributed by atoms with Crippen molar-refractivity contribution in [3.63, 3.8) is 0 Å². The fraction of sp³-hybridized carbons (Fsp3) is 0. The van der Waals surface area contributed by atoms with Crippen molar-refractivity contribution < 1.29 is 4.39 Å². The number of benzene rings is 1. The topological polar surface area (TPSA) is 47.6 Å². The maximum absolute atomic E-state index is 12.1. The van der Waals surface area contributed by atoms with Gasteiger partial charge in [0, 0.05) is 15.8 Å². The van der Waals surface area contributed by atoms with Gasteiger partial charge in [0.15, 0.2) is 0 Å². The van der Waals surface area contributed by atoms with Crippen molar-refractivity contribution in [3.05, 3.63) is 35.1 Å². The third-order valence-corrected chi connectivity index (χ3v) is 1.02. The molecule has 60 valence electrons. The summed E-state index contributed by atoms with van der Waals surface area (Å²) in [5.74, 6) is -0.294. The molecule has 0 bridgehead atoms. The van der Waals surface area contributed by atoms with E-state index in [0.717, 1.165) is 0 Å². The van der Waals surface area contributed by atoms with Crippen molar-refractivity contribution in [2.75, 3.05) is 0 Å². The molecule has 1 rings (SSSR count). The monoisotopic (exact) mass is 194 g/mol. The molecular weight excluding hydrogens is 190 g/mol. The predicted molar refractivity (Wildman–Crippen MR) is 42.1 cm³/mol. The van der Waals surface area contributed by atoms with E-state index in [9.17, 15) is 4.39 Å². The van der Waals surface area contributed by atoms with E-state index in [1.54, 1.807) is 12.1 Å². The van der Waals surface area contributed by atoms with Gasteiger partial charge in [-0.2, -0.15) is 0 Å². The van der Waals surface area contributed by atoms with Crippen LogP contribution in [0.2, 0.25) is 5.02 Å². The lowest BCUT2D eigenvalue weighted by Gasteiger charge is -1.85. The van der Waals surface area contributed by atoms with Gasteiger partial charge in [0.1, 0.15) is 5.82 Å². The highest BCUT2D eigenvalue weighted by Gasteiger charge is 1.86. The van der Waals surface area contributed by atoms with Gasteiger partial charge in [0.05, 0.1) is 0 Å². The fourth-order valence-corrected chi connectivity index (χ4v) is 0.637. The largest absolute Gasteiger partial charge is 0.207 e. The van der Waals surface area contributed by atoms with Crippen molar-refractivity contribution in [3.8, 4) is 0 Å². The molecule has 0 spiro atoms. The molecule has 0 atom stereocenters. The molecule has 0 saturated heterocycles. The van der Waals surface area contributed by atoms with Gasteiger partial charge < -0.3 is 0 Å². The highest BCUT2D eigenvalue weighted by atomic mass is 35.5. The van der Waals surface area contributed by atoms with Crippen LogP contribution in [-0.4, -0.2) is 0 Å². The van der Waals surface area contributed by atoms with E-state index in [2.05, 4.69) is 0 Å². The minimum Gasteiger partial charge on any atom is -0.207 e. The SMILES string of the molecule is Cl.Fc1cccc(Cl)c1.N#N. The predicted octanol–water partition coefficient (Wildman–Crippen LogP) is 2.93. The second-order valence-corrected chi connectivity index (χ2v) is 1.88. The third-order valence-electron chi connectivity index (χ3n) is 0.787. The van der Waals surface area contributed by atoms with Gasteiger partial charge in [-0.1, -0.05) is 17.7 Å². The van der Waals surface area contributed by atoms with E-state index in [1.165, 1.54) is 12.1 Å². The first-order valence-electron chi connectivity index (χ1n) is 2.40. The average molecular weight is 195 g/mol. The average Bonchev–Trinajstić information content (AvgIpc) is 1.91. The van der Waals surface area contributed by atoms with Crippen molar-refractivity contribution in [1.29, 1.82) is 10.8 Å². The summed E-state index contributed by atoms with van der Waals surface area (Å²) in [5, 5.41) is 12.4. The first kappa shape index (κ1) is 12.8. The Bertz CT molecular complexity index is 210. The Kier molecular flexibility index (Phi) is 8.44. The van der Waals surface area contributed by atoms with E-state index in [0.29, 0.717) is 5.02 Å². The minimum absolute atomic E-state index is 0. The number of nitrogens with zero attached hydrogens (tertiary/aromatic N) is 2. The van der Waals surface area contributed by atoms with Gasteiger partial charge in [-0.3, -0.25) is 0 Å². The Hall–Kier alpha value is -0.850. The summed E-state index contributed by atoms with van der Waals surface area (Å²) < 4.78 is 12.1. The molecule has 2 nitrogen and oxygen atoms in total. The Morgan fingerprint density at radius 1 is 1.27 bits per heavy atom. The standard InChI is InChI=1S/C6H4ClF.ClH.N2/c7-5-2-1-3-6(8)4-5;;1-2/h1-4H;1H;. The summed E-state index contributed by atoms with van der Waals surface area (Å²) in [7, 11) is 0. The summed E-state index contributed by atoms with van der Waals surface area (Å²) in [6.07, 6.45) is 0. The van der Waals surface area contributed by atoms with Crippen molar-refractivity contribution in [2.45, 2.75) is 0 Å². The van der Waals surface area contributed by atoms with Gasteiger partial charge in [0.2, 0.25) is 0 Å². The number of halogens is 3. The summed E-state index contributed by atoms with van der Waals surface area (Å²) >= 11 is 5.40. The zero-order valence-corrected chi connectivity index (χ0v) is 6.94. The van der Waals surface area contributed by atoms with E-state index in [4.69, 9.17) is 22.4 Å². The lowest BCUT2D eigenvalue weighted by Crippen LogP contribution is -1.68. The van der Waals surface area contributed by atoms with Crippen molar-refractivity contribution in [2.24, 2.45) is 0 Å². The Labute approximate surface area is 74.8 Å². The normalized spacial score (nSPS) is 6.91. The summed E-state index contributed by atoms with van der Waals surface area (Å²) in [5.41, 5.74) is 0. The van der Waals surface area contributed by atoms with E-state index < -0.39 is 0 Å². The molecule has 0 unspecified atom stereocenters. The summed E-state index contributed by atoms with van der Waals surface area (Å²) in [4.78, 5) is 0. The Morgan fingerprint density at radius 3 is 2.09 bits per heavy atom. The van der Waals surface area contributed by atoms with Crippen LogP contribution >= 0.6 is 24.0 Å². The van der Waals surface area contributed by atoms with Crippen LogP contribution < -0.4 is 0 Å². The minimum atomic E-state index is -0.294. The first-order valence-corrected chi connectivity index (χ1v) is 2.78. The highest BCUT2D eigenvalue weighted by Crippen LogP contribution is 2.07. The Morgan fingerprint density at radius 2 is 1.82 bits per heavy atom. The molecular formula is C6H5Cl2FN2. The molecule has 1 aromatic rings. The van der Waals surface area contributed by atoms with Crippen molar-refractivity contribution >= 4 is 24.0 Å². The van der Waals surface area contributed by atoms with Crippen LogP contribution in [0.4, 0.5) is 4.39 Å². The van der Waals surface area contributed by atoms with Gasteiger partial charge >= 0.3 is 0 Å².